The molecule has 134 valence electrons. The Labute approximate surface area is 167 Å². The Balaban J connectivity index is 1.55. The van der Waals surface area contributed by atoms with Gasteiger partial charge in [-0.05, 0) is 45.1 Å². The summed E-state index contributed by atoms with van der Waals surface area (Å²) in [6.07, 6.45) is 0. The van der Waals surface area contributed by atoms with E-state index in [0.29, 0.717) is 10.6 Å². The number of amides is 1. The number of carbonyl (C=O) groups is 1. The molecule has 0 aromatic heterocycles. The molecule has 0 saturated carbocycles. The highest BCUT2D eigenvalue weighted by molar-refractivity contribution is 6.39. The SMILES string of the molecule is O=C(Nc1ccc2ccc3ccccc3c2c1)c1ccc2ccccc2c1Cl. The van der Waals surface area contributed by atoms with Crippen LogP contribution in [0.2, 0.25) is 5.02 Å². The van der Waals surface area contributed by atoms with Gasteiger partial charge in [0.15, 0.2) is 0 Å². The fourth-order valence-electron chi connectivity index (χ4n) is 3.69. The molecule has 5 aromatic rings. The number of anilines is 1. The van der Waals surface area contributed by atoms with Crippen molar-refractivity contribution in [1.82, 2.24) is 0 Å². The molecule has 5 rings (SSSR count). The van der Waals surface area contributed by atoms with Gasteiger partial charge in [0, 0.05) is 11.1 Å². The Morgan fingerprint density at radius 1 is 0.643 bits per heavy atom. The second-order valence-corrected chi connectivity index (χ2v) is 7.20. The van der Waals surface area contributed by atoms with Gasteiger partial charge in [0.2, 0.25) is 0 Å². The van der Waals surface area contributed by atoms with Gasteiger partial charge in [0.25, 0.3) is 5.91 Å². The lowest BCUT2D eigenvalue weighted by molar-refractivity contribution is 0.102. The zero-order chi connectivity index (χ0) is 19.1. The standard InChI is InChI=1S/C25H16ClNO/c26-24-21-8-4-2-6-17(21)12-14-22(24)25(28)27-19-13-11-18-10-9-16-5-1-3-7-20(16)23(18)15-19/h1-15H,(H,27,28). The van der Waals surface area contributed by atoms with Crippen molar-refractivity contribution < 1.29 is 4.79 Å². The van der Waals surface area contributed by atoms with Gasteiger partial charge in [-0.1, -0.05) is 84.4 Å². The minimum Gasteiger partial charge on any atom is -0.322 e. The Morgan fingerprint density at radius 3 is 2.00 bits per heavy atom. The molecule has 0 bridgehead atoms. The first-order valence-corrected chi connectivity index (χ1v) is 9.49. The van der Waals surface area contributed by atoms with E-state index in [4.69, 9.17) is 11.6 Å². The average Bonchev–Trinajstić information content (AvgIpc) is 2.74. The zero-order valence-electron chi connectivity index (χ0n) is 14.9. The van der Waals surface area contributed by atoms with Crippen LogP contribution in [0.1, 0.15) is 10.4 Å². The summed E-state index contributed by atoms with van der Waals surface area (Å²) in [5, 5.41) is 9.96. The van der Waals surface area contributed by atoms with E-state index in [9.17, 15) is 4.79 Å². The first-order chi connectivity index (χ1) is 13.7. The highest BCUT2D eigenvalue weighted by Gasteiger charge is 2.13. The van der Waals surface area contributed by atoms with Crippen LogP contribution in [-0.2, 0) is 0 Å². The Hall–Kier alpha value is -3.36. The van der Waals surface area contributed by atoms with Gasteiger partial charge >= 0.3 is 0 Å². The lowest BCUT2D eigenvalue weighted by Gasteiger charge is -2.11. The van der Waals surface area contributed by atoms with Crippen molar-refractivity contribution in [2.75, 3.05) is 5.32 Å². The largest absolute Gasteiger partial charge is 0.322 e. The molecule has 28 heavy (non-hydrogen) atoms. The molecular weight excluding hydrogens is 366 g/mol. The van der Waals surface area contributed by atoms with Crippen LogP contribution in [0.25, 0.3) is 32.3 Å². The fourth-order valence-corrected chi connectivity index (χ4v) is 4.01. The van der Waals surface area contributed by atoms with E-state index in [1.54, 1.807) is 6.07 Å². The van der Waals surface area contributed by atoms with Crippen LogP contribution in [-0.4, -0.2) is 5.91 Å². The van der Waals surface area contributed by atoms with Crippen LogP contribution < -0.4 is 5.32 Å². The lowest BCUT2D eigenvalue weighted by Crippen LogP contribution is -2.12. The molecule has 0 fully saturated rings. The summed E-state index contributed by atoms with van der Waals surface area (Å²) < 4.78 is 0. The smallest absolute Gasteiger partial charge is 0.257 e. The summed E-state index contributed by atoms with van der Waals surface area (Å²) in [5.41, 5.74) is 1.22. The van der Waals surface area contributed by atoms with Crippen LogP contribution in [0, 0.1) is 0 Å². The summed E-state index contributed by atoms with van der Waals surface area (Å²) >= 11 is 6.52. The second-order valence-electron chi connectivity index (χ2n) is 6.82. The maximum absolute atomic E-state index is 12.9. The van der Waals surface area contributed by atoms with Crippen molar-refractivity contribution in [3.8, 4) is 0 Å². The third-order valence-electron chi connectivity index (χ3n) is 5.11. The number of hydrogen-bond acceptors (Lipinski definition) is 1. The Morgan fingerprint density at radius 2 is 1.21 bits per heavy atom. The molecule has 0 saturated heterocycles. The van der Waals surface area contributed by atoms with Crippen molar-refractivity contribution in [3.05, 3.63) is 102 Å². The topological polar surface area (TPSA) is 29.1 Å². The van der Waals surface area contributed by atoms with Crippen molar-refractivity contribution >= 4 is 55.5 Å². The van der Waals surface area contributed by atoms with Gasteiger partial charge in [0.05, 0.1) is 10.6 Å². The number of benzene rings is 5. The highest BCUT2D eigenvalue weighted by Crippen LogP contribution is 2.30. The van der Waals surface area contributed by atoms with Gasteiger partial charge in [-0.25, -0.2) is 0 Å². The van der Waals surface area contributed by atoms with Gasteiger partial charge in [0.1, 0.15) is 0 Å². The maximum Gasteiger partial charge on any atom is 0.257 e. The Kier molecular flexibility index (Phi) is 4.00. The zero-order valence-corrected chi connectivity index (χ0v) is 15.7. The summed E-state index contributed by atoms with van der Waals surface area (Å²) in [5.74, 6) is -0.213. The fraction of sp³-hybridized carbons (Fsp3) is 0. The molecule has 0 atom stereocenters. The lowest BCUT2D eigenvalue weighted by atomic mass is 10.0. The molecule has 0 unspecified atom stereocenters. The molecular formula is C25H16ClNO. The van der Waals surface area contributed by atoms with Gasteiger partial charge in [-0.15, -0.1) is 0 Å². The van der Waals surface area contributed by atoms with Crippen molar-refractivity contribution in [2.45, 2.75) is 0 Å². The van der Waals surface area contributed by atoms with E-state index in [1.165, 1.54) is 10.8 Å². The summed E-state index contributed by atoms with van der Waals surface area (Å²) in [4.78, 5) is 12.9. The molecule has 0 aliphatic heterocycles. The second kappa shape index (κ2) is 6.66. The van der Waals surface area contributed by atoms with Crippen molar-refractivity contribution in [1.29, 1.82) is 0 Å². The molecule has 0 heterocycles. The molecule has 3 heteroatoms. The quantitative estimate of drug-likeness (QED) is 0.326. The Bertz CT molecular complexity index is 1370. The van der Waals surface area contributed by atoms with Gasteiger partial charge in [-0.2, -0.15) is 0 Å². The number of carbonyl (C=O) groups excluding carboxylic acids is 1. The number of rotatable bonds is 2. The molecule has 0 spiro atoms. The average molecular weight is 382 g/mol. The predicted molar refractivity (Wildman–Crippen MR) is 118 cm³/mol. The van der Waals surface area contributed by atoms with Crippen LogP contribution >= 0.6 is 11.6 Å². The third-order valence-corrected chi connectivity index (χ3v) is 5.52. The van der Waals surface area contributed by atoms with E-state index in [2.05, 4.69) is 29.6 Å². The molecule has 2 nitrogen and oxygen atoms in total. The molecule has 0 aliphatic carbocycles. The highest BCUT2D eigenvalue weighted by atomic mass is 35.5. The monoisotopic (exact) mass is 381 g/mol. The van der Waals surface area contributed by atoms with E-state index >= 15 is 0 Å². The summed E-state index contributed by atoms with van der Waals surface area (Å²) in [7, 11) is 0. The minimum atomic E-state index is -0.213. The van der Waals surface area contributed by atoms with Crippen molar-refractivity contribution in [3.63, 3.8) is 0 Å². The number of halogens is 1. The van der Waals surface area contributed by atoms with E-state index < -0.39 is 0 Å². The number of hydrogen-bond donors (Lipinski definition) is 1. The predicted octanol–water partition coefficient (Wildman–Crippen LogP) is 7.05. The van der Waals surface area contributed by atoms with E-state index in [-0.39, 0.29) is 5.91 Å². The molecule has 0 aliphatic rings. The molecule has 1 amide bonds. The first-order valence-electron chi connectivity index (χ1n) is 9.11. The first kappa shape index (κ1) is 16.8. The van der Waals surface area contributed by atoms with Gasteiger partial charge < -0.3 is 5.32 Å². The number of nitrogens with one attached hydrogen (secondary N) is 1. The van der Waals surface area contributed by atoms with E-state index in [0.717, 1.165) is 27.2 Å². The van der Waals surface area contributed by atoms with Crippen LogP contribution in [0.3, 0.4) is 0 Å². The van der Waals surface area contributed by atoms with Crippen LogP contribution in [0.5, 0.6) is 0 Å². The summed E-state index contributed by atoms with van der Waals surface area (Å²) in [6, 6.07) is 29.9. The van der Waals surface area contributed by atoms with Crippen LogP contribution in [0.4, 0.5) is 5.69 Å². The molecule has 5 aromatic carbocycles. The molecule has 1 N–H and O–H groups in total. The van der Waals surface area contributed by atoms with Crippen LogP contribution in [0.15, 0.2) is 91.0 Å². The minimum absolute atomic E-state index is 0.213. The van der Waals surface area contributed by atoms with Gasteiger partial charge in [-0.3, -0.25) is 4.79 Å². The summed E-state index contributed by atoms with van der Waals surface area (Å²) in [6.45, 7) is 0. The third kappa shape index (κ3) is 2.79. The molecule has 0 radical (unpaired) electrons. The number of fused-ring (bicyclic) bond motifs is 4. The maximum atomic E-state index is 12.9. The normalized spacial score (nSPS) is 11.2. The van der Waals surface area contributed by atoms with E-state index in [1.807, 2.05) is 60.7 Å². The van der Waals surface area contributed by atoms with Crippen molar-refractivity contribution in [2.24, 2.45) is 0 Å².